The highest BCUT2D eigenvalue weighted by atomic mass is 127. The van der Waals surface area contributed by atoms with Gasteiger partial charge >= 0.3 is 0 Å². The molecule has 12 heavy (non-hydrogen) atoms. The van der Waals surface area contributed by atoms with Crippen LogP contribution in [0.4, 0.5) is 0 Å². The highest BCUT2D eigenvalue weighted by Crippen LogP contribution is 2.23. The lowest BCUT2D eigenvalue weighted by Gasteiger charge is -2.08. The van der Waals surface area contributed by atoms with E-state index in [1.54, 1.807) is 0 Å². The SMILES string of the molecule is O=C(NCCCI)C1CCSC1. The van der Waals surface area contributed by atoms with Gasteiger partial charge in [-0.05, 0) is 18.6 Å². The predicted molar refractivity (Wildman–Crippen MR) is 61.9 cm³/mol. The van der Waals surface area contributed by atoms with E-state index in [1.807, 2.05) is 11.8 Å². The van der Waals surface area contributed by atoms with Gasteiger partial charge in [-0.2, -0.15) is 11.8 Å². The monoisotopic (exact) mass is 299 g/mol. The van der Waals surface area contributed by atoms with Crippen LogP contribution in [-0.2, 0) is 4.79 Å². The third-order valence-corrected chi connectivity index (χ3v) is 3.84. The number of carbonyl (C=O) groups is 1. The van der Waals surface area contributed by atoms with E-state index in [2.05, 4.69) is 27.9 Å². The first-order valence-corrected chi connectivity index (χ1v) is 6.94. The second kappa shape index (κ2) is 6.07. The molecule has 0 aromatic heterocycles. The summed E-state index contributed by atoms with van der Waals surface area (Å²) in [6.45, 7) is 0.850. The highest BCUT2D eigenvalue weighted by Gasteiger charge is 2.22. The number of nitrogens with one attached hydrogen (secondary N) is 1. The van der Waals surface area contributed by atoms with Crippen LogP contribution in [0, 0.1) is 5.92 Å². The van der Waals surface area contributed by atoms with Crippen molar-refractivity contribution < 1.29 is 4.79 Å². The van der Waals surface area contributed by atoms with Crippen molar-refractivity contribution in [3.63, 3.8) is 0 Å². The molecule has 0 aromatic carbocycles. The largest absolute Gasteiger partial charge is 0.356 e. The van der Waals surface area contributed by atoms with Gasteiger partial charge in [0.25, 0.3) is 0 Å². The topological polar surface area (TPSA) is 29.1 Å². The first-order valence-electron chi connectivity index (χ1n) is 4.26. The van der Waals surface area contributed by atoms with Crippen LogP contribution >= 0.6 is 34.4 Å². The Morgan fingerprint density at radius 1 is 1.67 bits per heavy atom. The zero-order chi connectivity index (χ0) is 8.81. The number of rotatable bonds is 4. The quantitative estimate of drug-likeness (QED) is 0.486. The van der Waals surface area contributed by atoms with E-state index in [9.17, 15) is 4.79 Å². The van der Waals surface area contributed by atoms with Gasteiger partial charge < -0.3 is 5.32 Å². The van der Waals surface area contributed by atoms with Gasteiger partial charge in [0.2, 0.25) is 5.91 Å². The molecule has 1 aliphatic rings. The Morgan fingerprint density at radius 2 is 2.50 bits per heavy atom. The Balaban J connectivity index is 2.10. The summed E-state index contributed by atoms with van der Waals surface area (Å²) in [5, 5.41) is 2.97. The van der Waals surface area contributed by atoms with Crippen molar-refractivity contribution >= 4 is 40.3 Å². The summed E-state index contributed by atoms with van der Waals surface area (Å²) in [5.41, 5.74) is 0. The zero-order valence-electron chi connectivity index (χ0n) is 7.01. The summed E-state index contributed by atoms with van der Waals surface area (Å²) in [6, 6.07) is 0. The van der Waals surface area contributed by atoms with Gasteiger partial charge in [0.1, 0.15) is 0 Å². The zero-order valence-corrected chi connectivity index (χ0v) is 9.99. The summed E-state index contributed by atoms with van der Waals surface area (Å²) >= 11 is 4.21. The van der Waals surface area contributed by atoms with Gasteiger partial charge in [-0.15, -0.1) is 0 Å². The van der Waals surface area contributed by atoms with Crippen LogP contribution in [0.2, 0.25) is 0 Å². The fourth-order valence-corrected chi connectivity index (χ4v) is 2.77. The van der Waals surface area contributed by atoms with Crippen molar-refractivity contribution in [2.75, 3.05) is 22.5 Å². The van der Waals surface area contributed by atoms with E-state index in [0.29, 0.717) is 5.92 Å². The molecular weight excluding hydrogens is 285 g/mol. The summed E-state index contributed by atoms with van der Waals surface area (Å²) < 4.78 is 1.12. The fraction of sp³-hybridized carbons (Fsp3) is 0.875. The van der Waals surface area contributed by atoms with Crippen molar-refractivity contribution in [2.45, 2.75) is 12.8 Å². The number of carbonyl (C=O) groups excluding carboxylic acids is 1. The number of alkyl halides is 1. The summed E-state index contributed by atoms with van der Waals surface area (Å²) in [6.07, 6.45) is 2.16. The Kier molecular flexibility index (Phi) is 5.38. The molecule has 1 aliphatic heterocycles. The van der Waals surface area contributed by atoms with Gasteiger partial charge in [-0.1, -0.05) is 22.6 Å². The minimum absolute atomic E-state index is 0.268. The lowest BCUT2D eigenvalue weighted by Crippen LogP contribution is -2.31. The second-order valence-electron chi connectivity index (χ2n) is 2.89. The van der Waals surface area contributed by atoms with E-state index >= 15 is 0 Å². The standard InChI is InChI=1S/C8H14INOS/c9-3-1-4-10-8(11)7-2-5-12-6-7/h7H,1-6H2,(H,10,11). The lowest BCUT2D eigenvalue weighted by atomic mass is 10.1. The molecule has 0 bridgehead atoms. The third-order valence-electron chi connectivity index (χ3n) is 1.91. The molecule has 1 N–H and O–H groups in total. The molecule has 1 heterocycles. The fourth-order valence-electron chi connectivity index (χ4n) is 1.16. The molecular formula is C8H14INOS. The lowest BCUT2D eigenvalue weighted by molar-refractivity contribution is -0.124. The van der Waals surface area contributed by atoms with Crippen LogP contribution in [0.1, 0.15) is 12.8 Å². The van der Waals surface area contributed by atoms with Gasteiger partial charge in [0.05, 0.1) is 0 Å². The molecule has 0 aromatic rings. The first kappa shape index (κ1) is 10.6. The maximum atomic E-state index is 11.4. The van der Waals surface area contributed by atoms with Crippen molar-refractivity contribution in [1.29, 1.82) is 0 Å². The van der Waals surface area contributed by atoms with Crippen LogP contribution < -0.4 is 5.32 Å². The van der Waals surface area contributed by atoms with Gasteiger partial charge in [0.15, 0.2) is 0 Å². The molecule has 1 atom stereocenters. The Labute approximate surface area is 91.4 Å². The first-order chi connectivity index (χ1) is 5.84. The number of thioether (sulfide) groups is 1. The number of amides is 1. The molecule has 1 amide bonds. The van der Waals surface area contributed by atoms with Crippen LogP contribution in [0.15, 0.2) is 0 Å². The maximum absolute atomic E-state index is 11.4. The molecule has 4 heteroatoms. The molecule has 0 radical (unpaired) electrons. The van der Waals surface area contributed by atoms with Gasteiger partial charge in [0, 0.05) is 22.6 Å². The molecule has 70 valence electrons. The van der Waals surface area contributed by atoms with E-state index in [-0.39, 0.29) is 5.91 Å². The summed E-state index contributed by atoms with van der Waals surface area (Å²) in [7, 11) is 0. The van der Waals surface area contributed by atoms with E-state index < -0.39 is 0 Å². The highest BCUT2D eigenvalue weighted by molar-refractivity contribution is 14.1. The molecule has 0 aliphatic carbocycles. The molecule has 1 fully saturated rings. The van der Waals surface area contributed by atoms with E-state index in [1.165, 1.54) is 0 Å². The van der Waals surface area contributed by atoms with Crippen molar-refractivity contribution in [1.82, 2.24) is 5.32 Å². The normalized spacial score (nSPS) is 22.6. The van der Waals surface area contributed by atoms with E-state index in [4.69, 9.17) is 0 Å². The summed E-state index contributed by atoms with van der Waals surface area (Å²) in [5.74, 6) is 2.74. The van der Waals surface area contributed by atoms with Gasteiger partial charge in [-0.3, -0.25) is 4.79 Å². The molecule has 2 nitrogen and oxygen atoms in total. The number of hydrogen-bond donors (Lipinski definition) is 1. The Hall–Kier alpha value is 0.550. The number of hydrogen-bond acceptors (Lipinski definition) is 2. The van der Waals surface area contributed by atoms with Crippen LogP contribution in [0.5, 0.6) is 0 Å². The summed E-state index contributed by atoms with van der Waals surface area (Å²) in [4.78, 5) is 11.4. The van der Waals surface area contributed by atoms with Crippen LogP contribution in [0.3, 0.4) is 0 Å². The molecule has 1 unspecified atom stereocenters. The Morgan fingerprint density at radius 3 is 3.08 bits per heavy atom. The minimum Gasteiger partial charge on any atom is -0.356 e. The average Bonchev–Trinajstić information content (AvgIpc) is 2.56. The van der Waals surface area contributed by atoms with Crippen LogP contribution in [0.25, 0.3) is 0 Å². The second-order valence-corrected chi connectivity index (χ2v) is 5.12. The molecule has 1 rings (SSSR count). The number of halogens is 1. The molecule has 0 spiro atoms. The minimum atomic E-state index is 0.268. The average molecular weight is 299 g/mol. The molecule has 1 saturated heterocycles. The smallest absolute Gasteiger partial charge is 0.223 e. The van der Waals surface area contributed by atoms with Crippen molar-refractivity contribution in [3.8, 4) is 0 Å². The Bertz CT molecular complexity index is 148. The third kappa shape index (κ3) is 3.51. The van der Waals surface area contributed by atoms with E-state index in [0.717, 1.165) is 35.3 Å². The van der Waals surface area contributed by atoms with Crippen LogP contribution in [-0.4, -0.2) is 28.4 Å². The van der Waals surface area contributed by atoms with Crippen molar-refractivity contribution in [3.05, 3.63) is 0 Å². The molecule has 0 saturated carbocycles. The van der Waals surface area contributed by atoms with Gasteiger partial charge in [-0.25, -0.2) is 0 Å². The predicted octanol–water partition coefficient (Wildman–Crippen LogP) is 1.68. The van der Waals surface area contributed by atoms with Crippen molar-refractivity contribution in [2.24, 2.45) is 5.92 Å². The maximum Gasteiger partial charge on any atom is 0.223 e.